The van der Waals surface area contributed by atoms with Crippen LogP contribution in [0.25, 0.3) is 5.57 Å². The molecule has 2 fully saturated rings. The topological polar surface area (TPSA) is 55.8 Å². The second-order valence-corrected chi connectivity index (χ2v) is 8.39. The molecule has 2 aromatic rings. The zero-order valence-electron chi connectivity index (χ0n) is 15.7. The highest BCUT2D eigenvalue weighted by Gasteiger charge is 2.59. The van der Waals surface area contributed by atoms with E-state index in [2.05, 4.69) is 0 Å². The fourth-order valence-electron chi connectivity index (χ4n) is 5.08. The molecular formula is C23H21ClO4. The van der Waals surface area contributed by atoms with Crippen molar-refractivity contribution >= 4 is 23.0 Å². The molecule has 2 bridgehead atoms. The van der Waals surface area contributed by atoms with Crippen LogP contribution >= 0.6 is 11.6 Å². The van der Waals surface area contributed by atoms with E-state index >= 15 is 0 Å². The minimum atomic E-state index is -0.224. The van der Waals surface area contributed by atoms with Crippen LogP contribution in [0.1, 0.15) is 29.5 Å². The molecule has 3 aliphatic rings. The van der Waals surface area contributed by atoms with Crippen molar-refractivity contribution in [3.8, 4) is 11.5 Å². The number of hydrogen-bond acceptors (Lipinski definition) is 4. The Morgan fingerprint density at radius 2 is 1.61 bits per heavy atom. The number of ketones is 1. The van der Waals surface area contributed by atoms with Crippen LogP contribution in [0.3, 0.4) is 0 Å². The molecule has 4 atom stereocenters. The third-order valence-electron chi connectivity index (χ3n) is 6.20. The molecule has 2 aromatic carbocycles. The normalized spacial score (nSPS) is 28.2. The first-order valence-electron chi connectivity index (χ1n) is 9.62. The highest BCUT2D eigenvalue weighted by atomic mass is 35.5. The Balaban J connectivity index is 1.51. The molecule has 0 unspecified atom stereocenters. The number of Topliss-reactive ketones (excluding diaryl/α,β-unsaturated/α-hetero) is 1. The highest BCUT2D eigenvalue weighted by molar-refractivity contribution is 6.30. The van der Waals surface area contributed by atoms with E-state index in [1.807, 2.05) is 38.1 Å². The summed E-state index contributed by atoms with van der Waals surface area (Å²) in [5.74, 6) is 1.21. The number of halogens is 1. The summed E-state index contributed by atoms with van der Waals surface area (Å²) in [7, 11) is 0. The van der Waals surface area contributed by atoms with Crippen molar-refractivity contribution < 1.29 is 19.4 Å². The number of hydrogen-bond donors (Lipinski definition) is 1. The van der Waals surface area contributed by atoms with Gasteiger partial charge in [0.2, 0.25) is 0 Å². The zero-order valence-corrected chi connectivity index (χ0v) is 16.5. The Kier molecular flexibility index (Phi) is 4.04. The number of allylic oxidation sites excluding steroid dienone is 1. The molecule has 5 rings (SSSR count). The van der Waals surface area contributed by atoms with Gasteiger partial charge in [-0.3, -0.25) is 4.79 Å². The zero-order chi connectivity index (χ0) is 19.6. The Morgan fingerprint density at radius 3 is 2.21 bits per heavy atom. The van der Waals surface area contributed by atoms with Gasteiger partial charge >= 0.3 is 0 Å². The van der Waals surface area contributed by atoms with Crippen LogP contribution in [0.5, 0.6) is 11.5 Å². The first kappa shape index (κ1) is 17.8. The maximum Gasteiger partial charge on any atom is 0.173 e. The molecule has 1 N–H and O–H groups in total. The molecule has 1 aliphatic carbocycles. The number of aliphatic hydroxyl groups excluding tert-OH is 1. The highest BCUT2D eigenvalue weighted by Crippen LogP contribution is 2.54. The number of rotatable bonds is 3. The van der Waals surface area contributed by atoms with Crippen LogP contribution in [-0.4, -0.2) is 23.1 Å². The Bertz CT molecular complexity index is 985. The van der Waals surface area contributed by atoms with Crippen molar-refractivity contribution in [1.29, 1.82) is 0 Å². The van der Waals surface area contributed by atoms with E-state index in [-0.39, 0.29) is 35.6 Å². The van der Waals surface area contributed by atoms with Gasteiger partial charge in [-0.15, -0.1) is 0 Å². The van der Waals surface area contributed by atoms with Gasteiger partial charge in [-0.1, -0.05) is 11.6 Å². The van der Waals surface area contributed by atoms with Gasteiger partial charge in [0.25, 0.3) is 0 Å². The fraction of sp³-hybridized carbons (Fsp3) is 0.348. The molecule has 2 heterocycles. The molecule has 2 saturated heterocycles. The van der Waals surface area contributed by atoms with E-state index in [1.165, 1.54) is 0 Å². The van der Waals surface area contributed by atoms with Gasteiger partial charge in [-0.2, -0.15) is 0 Å². The van der Waals surface area contributed by atoms with E-state index in [9.17, 15) is 9.90 Å². The predicted molar refractivity (Wildman–Crippen MR) is 107 cm³/mol. The number of carbonyl (C=O) groups is 1. The number of fused-ring (bicyclic) bond motifs is 5. The molecule has 0 saturated carbocycles. The van der Waals surface area contributed by atoms with Crippen molar-refractivity contribution in [2.75, 3.05) is 0 Å². The van der Waals surface area contributed by atoms with Crippen LogP contribution < -0.4 is 4.74 Å². The summed E-state index contributed by atoms with van der Waals surface area (Å²) < 4.78 is 11.8. The SMILES string of the molecule is Cc1cc(Oc2ccc(Cl)cc2)cc(C)c1C1=C(O)[C@H]2[C@@H](C1=O)[C@H]1CC[C@@H]2O1. The van der Waals surface area contributed by atoms with Crippen LogP contribution in [0.15, 0.2) is 42.2 Å². The first-order valence-corrected chi connectivity index (χ1v) is 9.99. The largest absolute Gasteiger partial charge is 0.511 e. The Labute approximate surface area is 168 Å². The Hall–Kier alpha value is -2.30. The lowest BCUT2D eigenvalue weighted by Gasteiger charge is -2.19. The number of aryl methyl sites for hydroxylation is 2. The molecule has 4 nitrogen and oxygen atoms in total. The third kappa shape index (κ3) is 2.59. The lowest BCUT2D eigenvalue weighted by atomic mass is 9.80. The third-order valence-corrected chi connectivity index (χ3v) is 6.45. The lowest BCUT2D eigenvalue weighted by Crippen LogP contribution is -2.29. The minimum absolute atomic E-state index is 0.0206. The standard InChI is InChI=1S/C23H21ClO4/c1-11-9-15(27-14-5-3-13(24)4-6-14)10-12(2)18(11)21-22(25)19-16-7-8-17(28-16)20(19)23(21)26/h3-6,9-10,16-17,19-20,25H,7-8H2,1-2H3/t16-,17+,19+,20-/m0/s1. The summed E-state index contributed by atoms with van der Waals surface area (Å²) in [5.41, 5.74) is 3.11. The molecule has 0 aromatic heterocycles. The molecule has 0 amide bonds. The van der Waals surface area contributed by atoms with E-state index in [0.717, 1.165) is 29.5 Å². The number of carbonyl (C=O) groups excluding carboxylic acids is 1. The summed E-state index contributed by atoms with van der Waals surface area (Å²) >= 11 is 5.93. The molecule has 2 aliphatic heterocycles. The summed E-state index contributed by atoms with van der Waals surface area (Å²) in [6.07, 6.45) is 1.76. The van der Waals surface area contributed by atoms with Gasteiger partial charge in [0.05, 0.1) is 29.6 Å². The van der Waals surface area contributed by atoms with E-state index < -0.39 is 0 Å². The molecule has 0 spiro atoms. The first-order chi connectivity index (χ1) is 13.4. The van der Waals surface area contributed by atoms with Crippen molar-refractivity contribution in [1.82, 2.24) is 0 Å². The van der Waals surface area contributed by atoms with E-state index in [1.54, 1.807) is 12.1 Å². The number of benzene rings is 2. The summed E-state index contributed by atoms with van der Waals surface area (Å²) in [6, 6.07) is 11.0. The van der Waals surface area contributed by atoms with Gasteiger partial charge in [0, 0.05) is 5.02 Å². The number of ether oxygens (including phenoxy) is 2. The van der Waals surface area contributed by atoms with Gasteiger partial charge < -0.3 is 14.6 Å². The average molecular weight is 397 g/mol. The van der Waals surface area contributed by atoms with Crippen LogP contribution in [-0.2, 0) is 9.53 Å². The molecular weight excluding hydrogens is 376 g/mol. The summed E-state index contributed by atoms with van der Waals surface area (Å²) in [5, 5.41) is 11.6. The van der Waals surface area contributed by atoms with Gasteiger partial charge in [-0.25, -0.2) is 0 Å². The van der Waals surface area contributed by atoms with E-state index in [4.69, 9.17) is 21.1 Å². The van der Waals surface area contributed by atoms with Crippen molar-refractivity contribution in [3.05, 3.63) is 63.9 Å². The van der Waals surface area contributed by atoms with Crippen molar-refractivity contribution in [2.24, 2.45) is 11.8 Å². The predicted octanol–water partition coefficient (Wildman–Crippen LogP) is 5.39. The minimum Gasteiger partial charge on any atom is -0.511 e. The Morgan fingerprint density at radius 1 is 1.00 bits per heavy atom. The molecule has 28 heavy (non-hydrogen) atoms. The van der Waals surface area contributed by atoms with Gasteiger partial charge in [0.1, 0.15) is 17.3 Å². The second-order valence-electron chi connectivity index (χ2n) is 7.95. The second kappa shape index (κ2) is 6.36. The quantitative estimate of drug-likeness (QED) is 0.755. The smallest absolute Gasteiger partial charge is 0.173 e. The maximum atomic E-state index is 13.2. The fourth-order valence-corrected chi connectivity index (χ4v) is 5.21. The van der Waals surface area contributed by atoms with Gasteiger partial charge in [-0.05, 0) is 79.8 Å². The van der Waals surface area contributed by atoms with E-state index in [0.29, 0.717) is 22.1 Å². The van der Waals surface area contributed by atoms with Crippen molar-refractivity contribution in [2.45, 2.75) is 38.9 Å². The summed E-state index contributed by atoms with van der Waals surface area (Å²) in [4.78, 5) is 13.2. The summed E-state index contributed by atoms with van der Waals surface area (Å²) in [6.45, 7) is 3.90. The number of aliphatic hydroxyl groups is 1. The van der Waals surface area contributed by atoms with Crippen molar-refractivity contribution in [3.63, 3.8) is 0 Å². The lowest BCUT2D eigenvalue weighted by molar-refractivity contribution is -0.118. The van der Waals surface area contributed by atoms with Crippen LogP contribution in [0, 0.1) is 25.7 Å². The monoisotopic (exact) mass is 396 g/mol. The van der Waals surface area contributed by atoms with Crippen LogP contribution in [0.4, 0.5) is 0 Å². The van der Waals surface area contributed by atoms with Gasteiger partial charge in [0.15, 0.2) is 5.78 Å². The molecule has 5 heteroatoms. The van der Waals surface area contributed by atoms with Crippen LogP contribution in [0.2, 0.25) is 5.02 Å². The average Bonchev–Trinajstić information content (AvgIpc) is 3.33. The molecule has 0 radical (unpaired) electrons. The molecule has 144 valence electrons. The maximum absolute atomic E-state index is 13.2.